The summed E-state index contributed by atoms with van der Waals surface area (Å²) >= 11 is 7.70. The van der Waals surface area contributed by atoms with Gasteiger partial charge in [-0.3, -0.25) is 4.99 Å². The van der Waals surface area contributed by atoms with Crippen molar-refractivity contribution in [1.82, 2.24) is 10.1 Å². The molecule has 0 amide bonds. The Morgan fingerprint density at radius 3 is 2.91 bits per heavy atom. The predicted octanol–water partition coefficient (Wildman–Crippen LogP) is 4.31. The van der Waals surface area contributed by atoms with Crippen molar-refractivity contribution in [3.8, 4) is 11.3 Å². The lowest BCUT2D eigenvalue weighted by molar-refractivity contribution is 0.373. The standard InChI is InChI=1S/C16H18ClN3OS/c1-18-16(22-2)20(14-6-7-14)10-13-9-15(21-19-13)11-4-3-5-12(17)8-11/h3-5,8-9,14H,6-7,10H2,1-2H3/b18-16+. The second-order valence-electron chi connectivity index (χ2n) is 5.26. The number of amidine groups is 1. The van der Waals surface area contributed by atoms with Gasteiger partial charge in [0.25, 0.3) is 0 Å². The van der Waals surface area contributed by atoms with E-state index >= 15 is 0 Å². The number of nitrogens with zero attached hydrogens (tertiary/aromatic N) is 3. The van der Waals surface area contributed by atoms with Crippen molar-refractivity contribution in [2.75, 3.05) is 13.3 Å². The average molecular weight is 336 g/mol. The highest BCUT2D eigenvalue weighted by molar-refractivity contribution is 8.13. The molecule has 3 rings (SSSR count). The van der Waals surface area contributed by atoms with Crippen LogP contribution in [0.15, 0.2) is 39.8 Å². The zero-order chi connectivity index (χ0) is 15.5. The van der Waals surface area contributed by atoms with Gasteiger partial charge in [-0.2, -0.15) is 0 Å². The number of hydrogen-bond donors (Lipinski definition) is 0. The first-order valence-corrected chi connectivity index (χ1v) is 8.80. The van der Waals surface area contributed by atoms with Crippen LogP contribution in [0.4, 0.5) is 0 Å². The van der Waals surface area contributed by atoms with Gasteiger partial charge in [-0.05, 0) is 31.2 Å². The van der Waals surface area contributed by atoms with Gasteiger partial charge in [-0.15, -0.1) is 0 Å². The number of aliphatic imine (C=N–C) groups is 1. The molecule has 2 aromatic rings. The SMILES string of the molecule is C/N=C(/SC)N(Cc1cc(-c2cccc(Cl)c2)on1)C1CC1. The third kappa shape index (κ3) is 3.47. The van der Waals surface area contributed by atoms with Gasteiger partial charge in [0.05, 0.1) is 6.54 Å². The first-order chi connectivity index (χ1) is 10.7. The van der Waals surface area contributed by atoms with Gasteiger partial charge in [0.1, 0.15) is 5.69 Å². The number of hydrogen-bond acceptors (Lipinski definition) is 4. The summed E-state index contributed by atoms with van der Waals surface area (Å²) in [6.07, 6.45) is 4.50. The highest BCUT2D eigenvalue weighted by atomic mass is 35.5. The molecule has 1 heterocycles. The van der Waals surface area contributed by atoms with E-state index in [0.717, 1.165) is 28.7 Å². The molecule has 1 fully saturated rings. The largest absolute Gasteiger partial charge is 0.356 e. The van der Waals surface area contributed by atoms with Crippen molar-refractivity contribution in [2.45, 2.75) is 25.4 Å². The maximum atomic E-state index is 6.03. The average Bonchev–Trinajstić information content (AvgIpc) is 3.26. The molecule has 0 atom stereocenters. The smallest absolute Gasteiger partial charge is 0.167 e. The van der Waals surface area contributed by atoms with E-state index in [9.17, 15) is 0 Å². The number of rotatable bonds is 4. The molecular formula is C16H18ClN3OS. The lowest BCUT2D eigenvalue weighted by Gasteiger charge is -2.23. The first-order valence-electron chi connectivity index (χ1n) is 7.20. The fourth-order valence-corrected chi connectivity index (χ4v) is 3.24. The Labute approximate surface area is 139 Å². The third-order valence-electron chi connectivity index (χ3n) is 3.61. The fraction of sp³-hybridized carbons (Fsp3) is 0.375. The summed E-state index contributed by atoms with van der Waals surface area (Å²) in [7, 11) is 1.83. The van der Waals surface area contributed by atoms with Crippen LogP contribution < -0.4 is 0 Å². The Morgan fingerprint density at radius 2 is 2.27 bits per heavy atom. The summed E-state index contributed by atoms with van der Waals surface area (Å²) < 4.78 is 5.47. The molecule has 0 unspecified atom stereocenters. The van der Waals surface area contributed by atoms with Crippen molar-refractivity contribution in [1.29, 1.82) is 0 Å². The minimum Gasteiger partial charge on any atom is -0.356 e. The lowest BCUT2D eigenvalue weighted by atomic mass is 10.1. The molecule has 6 heteroatoms. The van der Waals surface area contributed by atoms with Crippen LogP contribution in [0.1, 0.15) is 18.5 Å². The maximum absolute atomic E-state index is 6.03. The van der Waals surface area contributed by atoms with Crippen LogP contribution >= 0.6 is 23.4 Å². The molecule has 1 aliphatic carbocycles. The molecule has 22 heavy (non-hydrogen) atoms. The van der Waals surface area contributed by atoms with E-state index in [0.29, 0.717) is 11.1 Å². The van der Waals surface area contributed by atoms with E-state index in [1.807, 2.05) is 37.4 Å². The van der Waals surface area contributed by atoms with Crippen molar-refractivity contribution < 1.29 is 4.52 Å². The van der Waals surface area contributed by atoms with Gasteiger partial charge in [-0.25, -0.2) is 0 Å². The molecule has 0 aliphatic heterocycles. The Hall–Kier alpha value is -1.46. The second-order valence-corrected chi connectivity index (χ2v) is 6.47. The number of thioether (sulfide) groups is 1. The number of halogens is 1. The van der Waals surface area contributed by atoms with E-state index in [1.54, 1.807) is 11.8 Å². The van der Waals surface area contributed by atoms with Crippen LogP contribution in [-0.4, -0.2) is 34.6 Å². The van der Waals surface area contributed by atoms with Crippen molar-refractivity contribution in [3.05, 3.63) is 41.0 Å². The molecule has 4 nitrogen and oxygen atoms in total. The van der Waals surface area contributed by atoms with E-state index in [4.69, 9.17) is 16.1 Å². The summed E-state index contributed by atoms with van der Waals surface area (Å²) in [5.41, 5.74) is 1.86. The molecule has 1 saturated carbocycles. The van der Waals surface area contributed by atoms with Gasteiger partial charge >= 0.3 is 0 Å². The molecular weight excluding hydrogens is 318 g/mol. The van der Waals surface area contributed by atoms with Crippen molar-refractivity contribution in [2.24, 2.45) is 4.99 Å². The Kier molecular flexibility index (Phi) is 4.74. The molecule has 0 saturated heterocycles. The second kappa shape index (κ2) is 6.75. The zero-order valence-electron chi connectivity index (χ0n) is 12.6. The molecule has 116 valence electrons. The van der Waals surface area contributed by atoms with Crippen molar-refractivity contribution in [3.63, 3.8) is 0 Å². The minimum absolute atomic E-state index is 0.581. The molecule has 1 aliphatic rings. The summed E-state index contributed by atoms with van der Waals surface area (Å²) in [6, 6.07) is 10.2. The van der Waals surface area contributed by atoms with E-state index in [1.165, 1.54) is 12.8 Å². The van der Waals surface area contributed by atoms with E-state index < -0.39 is 0 Å². The fourth-order valence-electron chi connectivity index (χ4n) is 2.41. The van der Waals surface area contributed by atoms with Crippen LogP contribution in [0, 0.1) is 0 Å². The normalized spacial score (nSPS) is 15.1. The molecule has 1 aromatic carbocycles. The molecule has 0 N–H and O–H groups in total. The summed E-state index contributed by atoms with van der Waals surface area (Å²) in [4.78, 5) is 6.68. The Bertz CT molecular complexity index is 682. The summed E-state index contributed by atoms with van der Waals surface area (Å²) in [6.45, 7) is 0.724. The van der Waals surface area contributed by atoms with Gasteiger partial charge in [0, 0.05) is 29.7 Å². The monoisotopic (exact) mass is 335 g/mol. The Balaban J connectivity index is 1.78. The van der Waals surface area contributed by atoms with Gasteiger partial charge in [-0.1, -0.05) is 40.7 Å². The highest BCUT2D eigenvalue weighted by Crippen LogP contribution is 2.31. The third-order valence-corrected chi connectivity index (χ3v) is 4.62. The topological polar surface area (TPSA) is 41.6 Å². The van der Waals surface area contributed by atoms with E-state index in [-0.39, 0.29) is 0 Å². The molecule has 0 bridgehead atoms. The Morgan fingerprint density at radius 1 is 1.45 bits per heavy atom. The van der Waals surface area contributed by atoms with Gasteiger partial charge in [0.2, 0.25) is 0 Å². The zero-order valence-corrected chi connectivity index (χ0v) is 14.2. The summed E-state index contributed by atoms with van der Waals surface area (Å²) in [5.74, 6) is 0.743. The van der Waals surface area contributed by atoms with Crippen LogP contribution in [0.3, 0.4) is 0 Å². The molecule has 0 radical (unpaired) electrons. The summed E-state index contributed by atoms with van der Waals surface area (Å²) in [5, 5.41) is 5.94. The predicted molar refractivity (Wildman–Crippen MR) is 92.4 cm³/mol. The van der Waals surface area contributed by atoms with Crippen LogP contribution in [0.2, 0.25) is 5.02 Å². The van der Waals surface area contributed by atoms with E-state index in [2.05, 4.69) is 21.3 Å². The molecule has 0 spiro atoms. The van der Waals surface area contributed by atoms with Crippen molar-refractivity contribution >= 4 is 28.5 Å². The van der Waals surface area contributed by atoms with Crippen LogP contribution in [-0.2, 0) is 6.54 Å². The maximum Gasteiger partial charge on any atom is 0.167 e. The highest BCUT2D eigenvalue weighted by Gasteiger charge is 2.31. The van der Waals surface area contributed by atoms with Gasteiger partial charge < -0.3 is 9.42 Å². The number of aromatic nitrogens is 1. The first kappa shape index (κ1) is 15.4. The quantitative estimate of drug-likeness (QED) is 0.616. The van der Waals surface area contributed by atoms with Crippen LogP contribution in [0.25, 0.3) is 11.3 Å². The van der Waals surface area contributed by atoms with Crippen LogP contribution in [0.5, 0.6) is 0 Å². The van der Waals surface area contributed by atoms with Gasteiger partial charge in [0.15, 0.2) is 10.9 Å². The minimum atomic E-state index is 0.581. The molecule has 1 aromatic heterocycles. The lowest BCUT2D eigenvalue weighted by Crippen LogP contribution is -2.30. The number of benzene rings is 1.